The molecule has 148 valence electrons. The maximum Gasteiger partial charge on any atom is 0.313 e. The molecule has 1 atom stereocenters. The van der Waals surface area contributed by atoms with Gasteiger partial charge in [0.25, 0.3) is 0 Å². The monoisotopic (exact) mass is 402 g/mol. The Balaban J connectivity index is 1.67. The average molecular weight is 403 g/mol. The second-order valence-corrected chi connectivity index (χ2v) is 7.36. The molecular weight excluding hydrogens is 380 g/mol. The number of halogens is 1. The van der Waals surface area contributed by atoms with Gasteiger partial charge in [0.1, 0.15) is 11.4 Å². The Hall–Kier alpha value is -2.57. The number of nitrogens with one attached hydrogen (secondary N) is 2. The summed E-state index contributed by atoms with van der Waals surface area (Å²) in [5, 5.41) is 16.7. The summed E-state index contributed by atoms with van der Waals surface area (Å²) in [5.41, 5.74) is 1.68. The third kappa shape index (κ3) is 4.13. The molecule has 0 radical (unpaired) electrons. The van der Waals surface area contributed by atoms with E-state index in [1.807, 2.05) is 12.1 Å². The van der Waals surface area contributed by atoms with Gasteiger partial charge in [0.2, 0.25) is 0 Å². The average Bonchev–Trinajstić information content (AvgIpc) is 2.69. The summed E-state index contributed by atoms with van der Waals surface area (Å²) in [5.74, 6) is -0.892. The van der Waals surface area contributed by atoms with E-state index in [2.05, 4.69) is 10.6 Å². The number of carbonyl (C=O) groups is 2. The van der Waals surface area contributed by atoms with Crippen molar-refractivity contribution < 1.29 is 19.4 Å². The minimum Gasteiger partial charge on any atom is -0.497 e. The molecule has 3 N–H and O–H groups in total. The molecule has 2 amide bonds. The van der Waals surface area contributed by atoms with Crippen molar-refractivity contribution in [1.29, 1.82) is 0 Å². The molecule has 0 aromatic heterocycles. The number of fused-ring (bicyclic) bond motifs is 1. The van der Waals surface area contributed by atoms with Crippen LogP contribution in [0.15, 0.2) is 36.4 Å². The van der Waals surface area contributed by atoms with E-state index in [0.29, 0.717) is 22.7 Å². The zero-order valence-corrected chi connectivity index (χ0v) is 16.6. The standard InChI is InChI=1S/C21H23ClN2O4/c1-13-17(22)6-3-7-18(13)24-20(26)19(25)23-12-21(27)10-4-5-14-11-15(28-2)8-9-16(14)21/h3,6-9,11,27H,4-5,10,12H2,1-2H3,(H,23,25)(H,24,26). The van der Waals surface area contributed by atoms with Crippen molar-refractivity contribution in [2.24, 2.45) is 0 Å². The van der Waals surface area contributed by atoms with Crippen molar-refractivity contribution in [2.75, 3.05) is 19.0 Å². The SMILES string of the molecule is COc1ccc2c(c1)CCCC2(O)CNC(=O)C(=O)Nc1cccc(Cl)c1C. The number of aliphatic hydroxyl groups is 1. The molecule has 0 bridgehead atoms. The normalized spacial score (nSPS) is 18.1. The van der Waals surface area contributed by atoms with Gasteiger partial charge in [0.05, 0.1) is 13.7 Å². The van der Waals surface area contributed by atoms with Crippen LogP contribution in [0.3, 0.4) is 0 Å². The second kappa shape index (κ2) is 8.20. The van der Waals surface area contributed by atoms with Crippen molar-refractivity contribution >= 4 is 29.1 Å². The number of benzene rings is 2. The van der Waals surface area contributed by atoms with E-state index in [9.17, 15) is 14.7 Å². The first-order valence-electron chi connectivity index (χ1n) is 9.08. The van der Waals surface area contributed by atoms with Crippen molar-refractivity contribution in [3.8, 4) is 5.75 Å². The second-order valence-electron chi connectivity index (χ2n) is 6.96. The van der Waals surface area contributed by atoms with Crippen molar-refractivity contribution in [2.45, 2.75) is 31.8 Å². The van der Waals surface area contributed by atoms with E-state index in [1.165, 1.54) is 0 Å². The summed E-state index contributed by atoms with van der Waals surface area (Å²) in [4.78, 5) is 24.5. The minimum atomic E-state index is -1.22. The van der Waals surface area contributed by atoms with Crippen molar-refractivity contribution in [3.05, 3.63) is 58.1 Å². The van der Waals surface area contributed by atoms with Crippen LogP contribution in [0.1, 0.15) is 29.5 Å². The summed E-state index contributed by atoms with van der Waals surface area (Å²) in [7, 11) is 1.59. The number of amides is 2. The van der Waals surface area contributed by atoms with Crippen molar-refractivity contribution in [3.63, 3.8) is 0 Å². The maximum absolute atomic E-state index is 12.3. The first-order valence-corrected chi connectivity index (χ1v) is 9.46. The van der Waals surface area contributed by atoms with Gasteiger partial charge in [-0.1, -0.05) is 23.7 Å². The number of methoxy groups -OCH3 is 1. The quantitative estimate of drug-likeness (QED) is 0.686. The van der Waals surface area contributed by atoms with Gasteiger partial charge in [-0.3, -0.25) is 9.59 Å². The minimum absolute atomic E-state index is 0.0485. The smallest absolute Gasteiger partial charge is 0.313 e. The van der Waals surface area contributed by atoms with Crippen LogP contribution >= 0.6 is 11.6 Å². The molecule has 0 saturated carbocycles. The molecule has 2 aromatic rings. The predicted molar refractivity (Wildman–Crippen MR) is 108 cm³/mol. The van der Waals surface area contributed by atoms with Gasteiger partial charge in [-0.25, -0.2) is 0 Å². The van der Waals surface area contributed by atoms with Crippen molar-refractivity contribution in [1.82, 2.24) is 5.32 Å². The highest BCUT2D eigenvalue weighted by molar-refractivity contribution is 6.40. The number of ether oxygens (including phenoxy) is 1. The number of carbonyl (C=O) groups excluding carboxylic acids is 2. The van der Waals surface area contributed by atoms with E-state index in [0.717, 1.165) is 29.7 Å². The molecule has 1 aliphatic carbocycles. The van der Waals surface area contributed by atoms with Crippen LogP contribution < -0.4 is 15.4 Å². The van der Waals surface area contributed by atoms with Crippen LogP contribution in [0.5, 0.6) is 5.75 Å². The van der Waals surface area contributed by atoms with E-state index in [4.69, 9.17) is 16.3 Å². The highest BCUT2D eigenvalue weighted by atomic mass is 35.5. The highest BCUT2D eigenvalue weighted by Crippen LogP contribution is 2.36. The van der Waals surface area contributed by atoms with Crippen LogP contribution in [-0.4, -0.2) is 30.6 Å². The molecule has 1 unspecified atom stereocenters. The molecule has 0 saturated heterocycles. The van der Waals surface area contributed by atoms with E-state index < -0.39 is 17.4 Å². The van der Waals surface area contributed by atoms with Gasteiger partial charge in [0.15, 0.2) is 0 Å². The van der Waals surface area contributed by atoms with E-state index >= 15 is 0 Å². The fraction of sp³-hybridized carbons (Fsp3) is 0.333. The molecule has 0 spiro atoms. The van der Waals surface area contributed by atoms with Gasteiger partial charge < -0.3 is 20.5 Å². The first-order chi connectivity index (χ1) is 13.3. The Kier molecular flexibility index (Phi) is 5.91. The van der Waals surface area contributed by atoms with Crippen LogP contribution in [0.4, 0.5) is 5.69 Å². The number of hydrogen-bond donors (Lipinski definition) is 3. The molecule has 0 aliphatic heterocycles. The highest BCUT2D eigenvalue weighted by Gasteiger charge is 2.35. The van der Waals surface area contributed by atoms with E-state index in [1.54, 1.807) is 38.3 Å². The van der Waals surface area contributed by atoms with Crippen LogP contribution in [0.2, 0.25) is 5.02 Å². The zero-order valence-electron chi connectivity index (χ0n) is 15.8. The summed E-state index contributed by atoms with van der Waals surface area (Å²) < 4.78 is 5.24. The van der Waals surface area contributed by atoms with Gasteiger partial charge in [-0.2, -0.15) is 0 Å². The predicted octanol–water partition coefficient (Wildman–Crippen LogP) is 2.94. The number of hydrogen-bond acceptors (Lipinski definition) is 4. The molecule has 28 heavy (non-hydrogen) atoms. The molecule has 0 heterocycles. The summed E-state index contributed by atoms with van der Waals surface area (Å²) in [6, 6.07) is 10.6. The molecule has 1 aliphatic rings. The summed E-state index contributed by atoms with van der Waals surface area (Å²) >= 11 is 6.03. The Morgan fingerprint density at radius 3 is 2.79 bits per heavy atom. The molecular formula is C21H23ClN2O4. The molecule has 3 rings (SSSR count). The fourth-order valence-corrected chi connectivity index (χ4v) is 3.65. The van der Waals surface area contributed by atoms with Crippen LogP contribution in [0.25, 0.3) is 0 Å². The lowest BCUT2D eigenvalue weighted by Crippen LogP contribution is -2.46. The summed E-state index contributed by atoms with van der Waals surface area (Å²) in [6.07, 6.45) is 2.11. The lowest BCUT2D eigenvalue weighted by Gasteiger charge is -2.34. The first kappa shape index (κ1) is 20.2. The Bertz CT molecular complexity index is 915. The van der Waals surface area contributed by atoms with Crippen LogP contribution in [0, 0.1) is 6.92 Å². The third-order valence-electron chi connectivity index (χ3n) is 5.11. The topological polar surface area (TPSA) is 87.7 Å². The number of rotatable bonds is 4. The third-order valence-corrected chi connectivity index (χ3v) is 5.52. The molecule has 6 nitrogen and oxygen atoms in total. The van der Waals surface area contributed by atoms with Gasteiger partial charge >= 0.3 is 11.8 Å². The van der Waals surface area contributed by atoms with Gasteiger partial charge in [0, 0.05) is 10.7 Å². The largest absolute Gasteiger partial charge is 0.497 e. The lowest BCUT2D eigenvalue weighted by atomic mass is 9.79. The Morgan fingerprint density at radius 2 is 2.04 bits per heavy atom. The molecule has 0 fully saturated rings. The number of anilines is 1. The fourth-order valence-electron chi connectivity index (χ4n) is 3.48. The van der Waals surface area contributed by atoms with Crippen LogP contribution in [-0.2, 0) is 21.6 Å². The molecule has 7 heteroatoms. The van der Waals surface area contributed by atoms with E-state index in [-0.39, 0.29) is 6.54 Å². The maximum atomic E-state index is 12.3. The lowest BCUT2D eigenvalue weighted by molar-refractivity contribution is -0.137. The molecule has 2 aromatic carbocycles. The van der Waals surface area contributed by atoms with Gasteiger partial charge in [-0.05, 0) is 67.1 Å². The number of aryl methyl sites for hydroxylation is 1. The zero-order chi connectivity index (χ0) is 20.3. The van der Waals surface area contributed by atoms with Gasteiger partial charge in [-0.15, -0.1) is 0 Å². The Morgan fingerprint density at radius 1 is 1.25 bits per heavy atom. The Labute approximate surface area is 168 Å². The summed E-state index contributed by atoms with van der Waals surface area (Å²) in [6.45, 7) is 1.71.